The van der Waals surface area contributed by atoms with E-state index in [9.17, 15) is 24.1 Å². The number of hydrogen-bond acceptors (Lipinski definition) is 15. The molecule has 2 saturated heterocycles. The van der Waals surface area contributed by atoms with Gasteiger partial charge in [-0.15, -0.1) is 5.10 Å². The van der Waals surface area contributed by atoms with Crippen molar-refractivity contribution in [2.45, 2.75) is 224 Å². The summed E-state index contributed by atoms with van der Waals surface area (Å²) < 4.78 is 72.4. The number of guanidine groups is 1. The van der Waals surface area contributed by atoms with Crippen molar-refractivity contribution in [2.24, 2.45) is 16.6 Å². The highest BCUT2D eigenvalue weighted by Crippen LogP contribution is 2.54. The van der Waals surface area contributed by atoms with Crippen LogP contribution < -0.4 is 39.4 Å². The van der Waals surface area contributed by atoms with Gasteiger partial charge >= 0.3 is 19.2 Å². The van der Waals surface area contributed by atoms with Gasteiger partial charge in [-0.05, 0) is 85.4 Å². The van der Waals surface area contributed by atoms with Gasteiger partial charge in [-0.1, -0.05) is 83.1 Å². The van der Waals surface area contributed by atoms with Gasteiger partial charge in [0, 0.05) is 31.1 Å². The van der Waals surface area contributed by atoms with Gasteiger partial charge < -0.3 is 49.0 Å². The van der Waals surface area contributed by atoms with Gasteiger partial charge in [0.2, 0.25) is 5.96 Å². The van der Waals surface area contributed by atoms with Gasteiger partial charge in [0.15, 0.2) is 45.7 Å². The van der Waals surface area contributed by atoms with E-state index in [-0.39, 0.29) is 47.1 Å². The Morgan fingerprint density at radius 2 is 1.11 bits per heavy atom. The molecular formula is C46H89N8O14PSi4. The standard InChI is InChI=1S/C46H89N8O14PSi4/c1-43(2,3)70(13,14)61-28-30-34(36(67-72(17,18)45(7,8)9)38(62-30)53-26-23-31(55)50-41(53)57)65-69(59,60)64-29(22-21-25-49-52-40(47)48)33-35(66-71(15,16)44(4,5)6)37(68-73(19,20)46(10,11)12)39(63-33)54-27-24-32(56)51-42(54)58/h23-24,26-27,29-30,33-39,49H,21-22,25,28H2,1-20H3,(H,59,60)(H4,47,48,52)(H,50,55,57)(H,51,56,58)/t29-,30+,33+,34+,35+,36+,37+,38+,39+/m0/s1. The van der Waals surface area contributed by atoms with Crippen LogP contribution in [0.2, 0.25) is 72.5 Å². The summed E-state index contributed by atoms with van der Waals surface area (Å²) in [5.41, 5.74) is 11.2. The summed E-state index contributed by atoms with van der Waals surface area (Å²) in [4.78, 5) is 69.2. The number of ether oxygens (including phenoxy) is 2. The van der Waals surface area contributed by atoms with Crippen LogP contribution in [0.3, 0.4) is 0 Å². The summed E-state index contributed by atoms with van der Waals surface area (Å²) in [5, 5.41) is 2.53. The van der Waals surface area contributed by atoms with Crippen LogP contribution in [0, 0.1) is 0 Å². The predicted molar refractivity (Wildman–Crippen MR) is 292 cm³/mol. The van der Waals surface area contributed by atoms with Gasteiger partial charge in [0.05, 0.1) is 12.7 Å². The number of aromatic nitrogens is 4. The fourth-order valence-corrected chi connectivity index (χ4v) is 13.3. The summed E-state index contributed by atoms with van der Waals surface area (Å²) in [7, 11) is -16.3. The molecule has 2 aliphatic rings. The van der Waals surface area contributed by atoms with Gasteiger partial charge in [0.25, 0.3) is 11.1 Å². The van der Waals surface area contributed by atoms with Crippen molar-refractivity contribution in [1.82, 2.24) is 24.5 Å². The number of nitrogens with zero attached hydrogens (tertiary/aromatic N) is 3. The molecule has 2 aromatic heterocycles. The molecule has 0 spiro atoms. The van der Waals surface area contributed by atoms with E-state index in [4.69, 9.17) is 47.7 Å². The molecule has 4 heterocycles. The van der Waals surface area contributed by atoms with Gasteiger partial charge in [-0.25, -0.2) is 14.2 Å². The molecule has 27 heteroatoms. The SMILES string of the molecule is CC(C)(C)[Si](C)(C)OC[C@H]1O[C@@H](n2ccc(=O)[nH]c2=O)[C@H](O[Si](C)(C)C(C)(C)C)[C@@H]1OP(=O)(O)O[C@@H](CCCNN=C(N)N)[C@H]1O[C@@H](n2ccc(=O)[nH]c2=O)[C@H](O[Si](C)(C)C(C)(C)C)[C@@H]1O[Si](C)(C)C(C)(C)C. The summed E-state index contributed by atoms with van der Waals surface area (Å²) in [6.07, 6.45) is -7.94. The number of phosphoric acid groups is 1. The van der Waals surface area contributed by atoms with Crippen molar-refractivity contribution in [3.8, 4) is 0 Å². The Morgan fingerprint density at radius 3 is 1.52 bits per heavy atom. The molecule has 0 aliphatic carbocycles. The first-order valence-corrected chi connectivity index (χ1v) is 38.2. The van der Waals surface area contributed by atoms with Crippen molar-refractivity contribution >= 4 is 47.1 Å². The molecule has 0 radical (unpaired) electrons. The van der Waals surface area contributed by atoms with E-state index in [0.717, 1.165) is 0 Å². The summed E-state index contributed by atoms with van der Waals surface area (Å²) >= 11 is 0. The number of nitrogens with one attached hydrogen (secondary N) is 3. The van der Waals surface area contributed by atoms with E-state index in [0.29, 0.717) is 0 Å². The van der Waals surface area contributed by atoms with E-state index in [1.807, 2.05) is 33.9 Å². The smallest absolute Gasteiger partial charge is 0.414 e. The van der Waals surface area contributed by atoms with Crippen LogP contribution in [0.1, 0.15) is 108 Å². The Kier molecular flexibility index (Phi) is 19.4. The molecule has 10 atom stereocenters. The second kappa shape index (κ2) is 22.6. The highest BCUT2D eigenvalue weighted by molar-refractivity contribution is 7.47. The largest absolute Gasteiger partial charge is 0.473 e. The Hall–Kier alpha value is -2.83. The first-order chi connectivity index (χ1) is 32.9. The highest BCUT2D eigenvalue weighted by Gasteiger charge is 2.59. The maximum Gasteiger partial charge on any atom is 0.473 e. The molecule has 2 aromatic rings. The molecule has 1 unspecified atom stereocenters. The molecular weight excluding hydrogens is 1030 g/mol. The Morgan fingerprint density at radius 1 is 0.699 bits per heavy atom. The van der Waals surface area contributed by atoms with E-state index in [1.54, 1.807) is 0 Å². The van der Waals surface area contributed by atoms with Gasteiger partial charge in [-0.2, -0.15) is 0 Å². The second-order valence-electron chi connectivity index (χ2n) is 25.5. The molecule has 4 rings (SSSR count). The average Bonchev–Trinajstić information content (AvgIpc) is 3.69. The van der Waals surface area contributed by atoms with Crippen molar-refractivity contribution in [2.75, 3.05) is 13.2 Å². The van der Waals surface area contributed by atoms with Crippen molar-refractivity contribution < 1.29 is 45.7 Å². The monoisotopic (exact) mass is 1120 g/mol. The fraction of sp³-hybridized carbons (Fsp3) is 0.804. The zero-order valence-corrected chi connectivity index (χ0v) is 51.9. The first-order valence-electron chi connectivity index (χ1n) is 25.0. The second-order valence-corrected chi connectivity index (χ2v) is 45.9. The van der Waals surface area contributed by atoms with Crippen molar-refractivity contribution in [3.63, 3.8) is 0 Å². The number of rotatable bonds is 21. The fourth-order valence-electron chi connectivity index (χ4n) is 7.24. The number of phosphoric ester groups is 1. The lowest BCUT2D eigenvalue weighted by molar-refractivity contribution is -0.0903. The van der Waals surface area contributed by atoms with Crippen LogP contribution in [0.25, 0.3) is 0 Å². The summed E-state index contributed by atoms with van der Waals surface area (Å²) in [6.45, 7) is 41.1. The van der Waals surface area contributed by atoms with Crippen LogP contribution in [0.5, 0.6) is 0 Å². The minimum absolute atomic E-state index is 0.0152. The summed E-state index contributed by atoms with van der Waals surface area (Å²) in [5.74, 6) is -0.203. The number of H-pyrrole nitrogens is 2. The lowest BCUT2D eigenvalue weighted by Gasteiger charge is -2.44. The van der Waals surface area contributed by atoms with E-state index in [1.165, 1.54) is 33.7 Å². The van der Waals surface area contributed by atoms with Gasteiger partial charge in [-0.3, -0.25) is 37.7 Å². The topological polar surface area (TPSA) is 297 Å². The molecule has 8 N–H and O–H groups in total. The molecule has 73 heavy (non-hydrogen) atoms. The van der Waals surface area contributed by atoms with E-state index >= 15 is 4.57 Å². The maximum absolute atomic E-state index is 15.3. The van der Waals surface area contributed by atoms with Crippen LogP contribution in [-0.2, 0) is 40.8 Å². The number of aromatic amines is 2. The first kappa shape index (κ1) is 62.7. The Balaban J connectivity index is 1.97. The van der Waals surface area contributed by atoms with Gasteiger partial charge in [0.1, 0.15) is 36.6 Å². The predicted octanol–water partition coefficient (Wildman–Crippen LogP) is 6.50. The Bertz CT molecular complexity index is 2520. The lowest BCUT2D eigenvalue weighted by Crippen LogP contribution is -2.55. The maximum atomic E-state index is 15.3. The average molecular weight is 1120 g/mol. The lowest BCUT2D eigenvalue weighted by atomic mass is 10.0. The molecule has 0 saturated carbocycles. The zero-order chi connectivity index (χ0) is 55.9. The number of hydrogen-bond donors (Lipinski definition) is 6. The normalized spacial score (nSPS) is 25.1. The molecule has 2 fully saturated rings. The third-order valence-corrected chi connectivity index (χ3v) is 34.7. The number of nitrogens with two attached hydrogens (primary N) is 2. The molecule has 22 nitrogen and oxygen atoms in total. The van der Waals surface area contributed by atoms with Crippen LogP contribution in [0.15, 0.2) is 48.8 Å². The molecule has 0 amide bonds. The highest BCUT2D eigenvalue weighted by atomic mass is 31.2. The summed E-state index contributed by atoms with van der Waals surface area (Å²) in [6, 6.07) is 2.38. The number of hydrazone groups is 1. The third-order valence-electron chi connectivity index (χ3n) is 15.8. The van der Waals surface area contributed by atoms with Crippen molar-refractivity contribution in [3.05, 3.63) is 66.2 Å². The molecule has 418 valence electrons. The quantitative estimate of drug-likeness (QED) is 0.0194. The van der Waals surface area contributed by atoms with Crippen molar-refractivity contribution in [1.29, 1.82) is 0 Å². The third kappa shape index (κ3) is 15.4. The minimum Gasteiger partial charge on any atom is -0.414 e. The Labute approximate surface area is 435 Å². The molecule has 2 aliphatic heterocycles. The van der Waals surface area contributed by atoms with E-state index < -0.39 is 124 Å². The molecule has 0 aromatic carbocycles. The van der Waals surface area contributed by atoms with Crippen LogP contribution in [-0.4, -0.2) is 119 Å². The zero-order valence-electron chi connectivity index (χ0n) is 47.0. The van der Waals surface area contributed by atoms with E-state index in [2.05, 4.69) is 122 Å². The van der Waals surface area contributed by atoms with Crippen LogP contribution in [0.4, 0.5) is 0 Å². The minimum atomic E-state index is -5.34. The van der Waals surface area contributed by atoms with Crippen LogP contribution >= 0.6 is 7.82 Å². The molecule has 0 bridgehead atoms.